The molecule has 1 aliphatic rings. The topological polar surface area (TPSA) is 210 Å². The highest BCUT2D eigenvalue weighted by Gasteiger charge is 2.51. The van der Waals surface area contributed by atoms with E-state index in [1.807, 2.05) is 48.6 Å². The minimum absolute atomic E-state index is 0.0526. The van der Waals surface area contributed by atoms with Gasteiger partial charge in [0.25, 0.3) is 0 Å². The Morgan fingerprint density at radius 1 is 0.541 bits per heavy atom. The summed E-state index contributed by atoms with van der Waals surface area (Å²) in [6.45, 7) is 3.04. The van der Waals surface area contributed by atoms with Crippen molar-refractivity contribution in [1.29, 1.82) is 0 Å². The molecule has 6 unspecified atom stereocenters. The molecule has 0 bridgehead atoms. The number of hydrogen-bond donors (Lipinski definition) is 6. The second kappa shape index (κ2) is 36.3. The number of esters is 2. The normalized spacial score (nSPS) is 23.0. The number of unbranched alkanes of at least 4 members (excludes halogenated alkanes) is 9. The van der Waals surface area contributed by atoms with Gasteiger partial charge in [0.05, 0.1) is 6.61 Å². The van der Waals surface area contributed by atoms with Gasteiger partial charge in [-0.25, -0.2) is 4.57 Å². The van der Waals surface area contributed by atoms with E-state index in [1.165, 1.54) is 19.3 Å². The van der Waals surface area contributed by atoms with Crippen LogP contribution in [0, 0.1) is 0 Å². The van der Waals surface area contributed by atoms with Crippen molar-refractivity contribution >= 4 is 19.8 Å². The van der Waals surface area contributed by atoms with Gasteiger partial charge in [-0.2, -0.15) is 0 Å². The molecule has 0 aromatic rings. The SMILES string of the molecule is CC/C=C/C=C/C=C/C=C/CCCCCCCC(=O)O[C@@H](COC(=O)CCC/C=C/C/C=C/C/C=C/C/C=C/CCCCC)COP(=O)(O)OC1C(O)C(O)C(O)[C@H](O)C1O. The second-order valence-corrected chi connectivity index (χ2v) is 16.3. The molecule has 8 atom stereocenters. The van der Waals surface area contributed by atoms with E-state index in [1.54, 1.807) is 0 Å². The fraction of sp³-hybridized carbons (Fsp3) is 0.617. The lowest BCUT2D eigenvalue weighted by atomic mass is 9.85. The van der Waals surface area contributed by atoms with Crippen molar-refractivity contribution in [2.45, 2.75) is 172 Å². The van der Waals surface area contributed by atoms with Crippen LogP contribution in [0.4, 0.5) is 0 Å². The first-order chi connectivity index (χ1) is 29.4. The smallest absolute Gasteiger partial charge is 0.462 e. The number of phosphoric ester groups is 1. The molecule has 0 amide bonds. The minimum atomic E-state index is -5.14. The molecular formula is C47H75O13P. The van der Waals surface area contributed by atoms with Gasteiger partial charge >= 0.3 is 19.8 Å². The van der Waals surface area contributed by atoms with Crippen LogP contribution in [0.25, 0.3) is 0 Å². The van der Waals surface area contributed by atoms with Crippen molar-refractivity contribution in [3.05, 3.63) is 97.2 Å². The molecule has 0 saturated heterocycles. The number of carbonyl (C=O) groups is 2. The number of rotatable bonds is 34. The molecule has 6 N–H and O–H groups in total. The first-order valence-corrected chi connectivity index (χ1v) is 23.6. The summed E-state index contributed by atoms with van der Waals surface area (Å²) in [7, 11) is -5.14. The molecule has 0 aliphatic heterocycles. The van der Waals surface area contributed by atoms with Gasteiger partial charge in [-0.05, 0) is 70.6 Å². The third kappa shape index (κ3) is 28.9. The average molecular weight is 879 g/mol. The molecule has 1 saturated carbocycles. The van der Waals surface area contributed by atoms with E-state index in [9.17, 15) is 44.6 Å². The molecule has 0 aromatic carbocycles. The summed E-state index contributed by atoms with van der Waals surface area (Å²) in [6.07, 6.45) is 34.7. The van der Waals surface area contributed by atoms with Crippen LogP contribution in [-0.4, -0.2) is 98.3 Å². The molecule has 346 valence electrons. The molecular weight excluding hydrogens is 803 g/mol. The quantitative estimate of drug-likeness (QED) is 0.0118. The van der Waals surface area contributed by atoms with E-state index in [2.05, 4.69) is 62.5 Å². The molecule has 13 nitrogen and oxygen atoms in total. The molecule has 1 aliphatic carbocycles. The van der Waals surface area contributed by atoms with Crippen molar-refractivity contribution in [1.82, 2.24) is 0 Å². The maximum absolute atomic E-state index is 12.8. The summed E-state index contributed by atoms with van der Waals surface area (Å²) in [4.78, 5) is 35.6. The summed E-state index contributed by atoms with van der Waals surface area (Å²) in [5.74, 6) is -1.20. The van der Waals surface area contributed by atoms with E-state index in [4.69, 9.17) is 18.5 Å². The van der Waals surface area contributed by atoms with E-state index in [-0.39, 0.29) is 12.8 Å². The molecule has 0 radical (unpaired) electrons. The third-order valence-corrected chi connectivity index (χ3v) is 10.5. The van der Waals surface area contributed by atoms with Gasteiger partial charge in [-0.1, -0.05) is 143 Å². The lowest BCUT2D eigenvalue weighted by Gasteiger charge is -2.41. The zero-order valence-corrected chi connectivity index (χ0v) is 37.3. The average Bonchev–Trinajstić information content (AvgIpc) is 3.24. The van der Waals surface area contributed by atoms with Crippen LogP contribution in [0.5, 0.6) is 0 Å². The molecule has 0 aromatic heterocycles. The fourth-order valence-corrected chi connectivity index (χ4v) is 6.91. The largest absolute Gasteiger partial charge is 0.472 e. The number of phosphoric acid groups is 1. The highest BCUT2D eigenvalue weighted by Crippen LogP contribution is 2.47. The Kier molecular flexibility index (Phi) is 33.2. The molecule has 0 spiro atoms. The predicted molar refractivity (Wildman–Crippen MR) is 239 cm³/mol. The minimum Gasteiger partial charge on any atom is -0.462 e. The van der Waals surface area contributed by atoms with E-state index in [0.717, 1.165) is 64.2 Å². The van der Waals surface area contributed by atoms with Gasteiger partial charge in [0, 0.05) is 12.8 Å². The third-order valence-electron chi connectivity index (χ3n) is 9.50. The maximum atomic E-state index is 12.8. The van der Waals surface area contributed by atoms with Gasteiger partial charge < -0.3 is 39.9 Å². The van der Waals surface area contributed by atoms with Crippen LogP contribution in [0.1, 0.15) is 129 Å². The number of aliphatic hydroxyl groups excluding tert-OH is 5. The number of hydrogen-bond acceptors (Lipinski definition) is 12. The molecule has 14 heteroatoms. The Hall–Kier alpha value is -3.23. The van der Waals surface area contributed by atoms with Crippen molar-refractivity contribution in [2.75, 3.05) is 13.2 Å². The molecule has 1 rings (SSSR count). The lowest BCUT2D eigenvalue weighted by molar-refractivity contribution is -0.220. The zero-order chi connectivity index (χ0) is 45.0. The maximum Gasteiger partial charge on any atom is 0.472 e. The van der Waals surface area contributed by atoms with E-state index < -0.39 is 75.7 Å². The van der Waals surface area contributed by atoms with Crippen LogP contribution in [-0.2, 0) is 32.7 Å². The van der Waals surface area contributed by atoms with Crippen LogP contribution in [0.3, 0.4) is 0 Å². The molecule has 1 fully saturated rings. The van der Waals surface area contributed by atoms with Gasteiger partial charge in [0.15, 0.2) is 6.10 Å². The highest BCUT2D eigenvalue weighted by atomic mass is 31.2. The first-order valence-electron chi connectivity index (χ1n) is 22.1. The Morgan fingerprint density at radius 3 is 1.62 bits per heavy atom. The van der Waals surface area contributed by atoms with Gasteiger partial charge in [-0.3, -0.25) is 18.6 Å². The number of carbonyl (C=O) groups excluding carboxylic acids is 2. The number of allylic oxidation sites excluding steroid dienone is 16. The highest BCUT2D eigenvalue weighted by molar-refractivity contribution is 7.47. The van der Waals surface area contributed by atoms with Crippen LogP contribution in [0.2, 0.25) is 0 Å². The van der Waals surface area contributed by atoms with Crippen molar-refractivity contribution in [3.63, 3.8) is 0 Å². The summed E-state index contributed by atoms with van der Waals surface area (Å²) in [5, 5.41) is 50.1. The number of aliphatic hydroxyl groups is 5. The summed E-state index contributed by atoms with van der Waals surface area (Å²) in [6, 6.07) is 0. The van der Waals surface area contributed by atoms with Gasteiger partial charge in [0.1, 0.15) is 43.2 Å². The number of ether oxygens (including phenoxy) is 2. The van der Waals surface area contributed by atoms with E-state index >= 15 is 0 Å². The monoisotopic (exact) mass is 878 g/mol. The standard InChI is InChI=1S/C47H75O13P/c1-3-5-7-9-11-13-15-17-19-20-22-23-25-27-29-31-33-35-40(48)57-37-39(38-58-61(55,56)60-47-45(53)43(51)42(50)44(52)46(47)54)59-41(49)36-34-32-30-28-26-24-21-18-16-14-12-10-8-6-4-2/h6,8,10-14,16-19,21-23,27,29,39,42-47,50-54H,3-5,7,9,15,20,24-26,28,30-38H2,1-2H3,(H,55,56)/b8-6+,12-10+,13-11+,16-14+,19-17+,21-18+,23-22+,29-27+/t39-,42?,43-,44?,45?,46?,47?/m0/s1. The van der Waals surface area contributed by atoms with Crippen molar-refractivity contribution < 1.29 is 63.1 Å². The summed E-state index contributed by atoms with van der Waals surface area (Å²) in [5.41, 5.74) is 0. The van der Waals surface area contributed by atoms with Crippen molar-refractivity contribution in [2.24, 2.45) is 0 Å². The Bertz CT molecular complexity index is 1430. The van der Waals surface area contributed by atoms with E-state index in [0.29, 0.717) is 19.3 Å². The fourth-order valence-electron chi connectivity index (χ4n) is 5.94. The summed E-state index contributed by atoms with van der Waals surface area (Å²) < 4.78 is 33.4. The second-order valence-electron chi connectivity index (χ2n) is 14.9. The van der Waals surface area contributed by atoms with Crippen LogP contribution >= 0.6 is 7.82 Å². The zero-order valence-electron chi connectivity index (χ0n) is 36.4. The van der Waals surface area contributed by atoms with Crippen LogP contribution < -0.4 is 0 Å². The Morgan fingerprint density at radius 2 is 1.02 bits per heavy atom. The van der Waals surface area contributed by atoms with Crippen LogP contribution in [0.15, 0.2) is 97.2 Å². The van der Waals surface area contributed by atoms with Gasteiger partial charge in [0.2, 0.25) is 0 Å². The van der Waals surface area contributed by atoms with Gasteiger partial charge in [-0.15, -0.1) is 0 Å². The lowest BCUT2D eigenvalue weighted by Crippen LogP contribution is -2.64. The molecule has 61 heavy (non-hydrogen) atoms. The summed E-state index contributed by atoms with van der Waals surface area (Å²) >= 11 is 0. The Balaban J connectivity index is 2.55. The van der Waals surface area contributed by atoms with Crippen molar-refractivity contribution in [3.8, 4) is 0 Å². The first kappa shape index (κ1) is 55.8. The predicted octanol–water partition coefficient (Wildman–Crippen LogP) is 8.27. The molecule has 0 heterocycles. The Labute approximate surface area is 364 Å².